The molecule has 1 aliphatic rings. The van der Waals surface area contributed by atoms with Gasteiger partial charge in [-0.05, 0) is 24.1 Å². The molecular weight excluding hydrogens is 290 g/mol. The van der Waals surface area contributed by atoms with Gasteiger partial charge < -0.3 is 5.32 Å². The molecular formula is C11H14BrNO2S. The molecule has 0 amide bonds. The monoisotopic (exact) mass is 303 g/mol. The van der Waals surface area contributed by atoms with Crippen LogP contribution in [-0.2, 0) is 16.4 Å². The van der Waals surface area contributed by atoms with Crippen LogP contribution < -0.4 is 5.32 Å². The number of halogens is 1. The lowest BCUT2D eigenvalue weighted by molar-refractivity contribution is 0.554. The Kier molecular flexibility index (Phi) is 3.66. The summed E-state index contributed by atoms with van der Waals surface area (Å²) in [7, 11) is -2.78. The fourth-order valence-corrected chi connectivity index (χ4v) is 3.79. The summed E-state index contributed by atoms with van der Waals surface area (Å²) in [5.41, 5.74) is 1.17. The van der Waals surface area contributed by atoms with Crippen molar-refractivity contribution in [1.82, 2.24) is 5.32 Å². The largest absolute Gasteiger partial charge is 0.309 e. The molecule has 1 atom stereocenters. The summed E-state index contributed by atoms with van der Waals surface area (Å²) in [6.45, 7) is 0.730. The minimum absolute atomic E-state index is 0.119. The summed E-state index contributed by atoms with van der Waals surface area (Å²) in [4.78, 5) is 0. The van der Waals surface area contributed by atoms with Crippen molar-refractivity contribution in [2.24, 2.45) is 0 Å². The smallest absolute Gasteiger partial charge is 0.151 e. The standard InChI is InChI=1S/C11H14BrNO2S/c12-10-3-1-9(2-4-10)7-13-11-5-6-16(14,15)8-11/h1-4,11,13H,5-8H2. The lowest BCUT2D eigenvalue weighted by atomic mass is 10.2. The first-order valence-corrected chi connectivity index (χ1v) is 7.85. The van der Waals surface area contributed by atoms with Gasteiger partial charge in [0.1, 0.15) is 0 Å². The number of hydrogen-bond acceptors (Lipinski definition) is 3. The van der Waals surface area contributed by atoms with Gasteiger partial charge >= 0.3 is 0 Å². The molecule has 1 aromatic rings. The van der Waals surface area contributed by atoms with Gasteiger partial charge in [0.2, 0.25) is 0 Å². The van der Waals surface area contributed by atoms with Crippen LogP contribution in [0.5, 0.6) is 0 Å². The first-order valence-electron chi connectivity index (χ1n) is 5.23. The van der Waals surface area contributed by atoms with Gasteiger partial charge in [0.15, 0.2) is 9.84 Å². The highest BCUT2D eigenvalue weighted by Crippen LogP contribution is 2.13. The average Bonchev–Trinajstić information content (AvgIpc) is 2.58. The number of sulfone groups is 1. The fourth-order valence-electron chi connectivity index (χ4n) is 1.82. The Labute approximate surface area is 104 Å². The number of nitrogens with one attached hydrogen (secondary N) is 1. The highest BCUT2D eigenvalue weighted by Gasteiger charge is 2.27. The van der Waals surface area contributed by atoms with Crippen molar-refractivity contribution < 1.29 is 8.42 Å². The summed E-state index contributed by atoms with van der Waals surface area (Å²) in [6.07, 6.45) is 0.735. The zero-order valence-electron chi connectivity index (χ0n) is 8.82. The van der Waals surface area contributed by atoms with E-state index < -0.39 is 9.84 Å². The topological polar surface area (TPSA) is 46.2 Å². The summed E-state index contributed by atoms with van der Waals surface area (Å²) in [5.74, 6) is 0.606. The third-order valence-electron chi connectivity index (χ3n) is 2.74. The van der Waals surface area contributed by atoms with Gasteiger partial charge in [-0.15, -0.1) is 0 Å². The molecule has 2 rings (SSSR count). The normalized spacial score (nSPS) is 23.4. The summed E-state index contributed by atoms with van der Waals surface area (Å²) in [6, 6.07) is 8.15. The van der Waals surface area contributed by atoms with E-state index in [4.69, 9.17) is 0 Å². The molecule has 0 aliphatic carbocycles. The molecule has 0 spiro atoms. The molecule has 0 radical (unpaired) electrons. The van der Waals surface area contributed by atoms with Gasteiger partial charge in [0, 0.05) is 17.1 Å². The van der Waals surface area contributed by atoms with E-state index in [-0.39, 0.29) is 11.8 Å². The highest BCUT2D eigenvalue weighted by atomic mass is 79.9. The van der Waals surface area contributed by atoms with E-state index in [9.17, 15) is 8.42 Å². The van der Waals surface area contributed by atoms with E-state index in [2.05, 4.69) is 21.2 Å². The van der Waals surface area contributed by atoms with Crippen LogP contribution in [0.3, 0.4) is 0 Å². The summed E-state index contributed by atoms with van der Waals surface area (Å²) < 4.78 is 23.6. The predicted octanol–water partition coefficient (Wildman–Crippen LogP) is 1.73. The minimum atomic E-state index is -2.78. The molecule has 0 saturated carbocycles. The molecule has 0 bridgehead atoms. The molecule has 5 heteroatoms. The van der Waals surface area contributed by atoms with E-state index in [0.29, 0.717) is 5.75 Å². The van der Waals surface area contributed by atoms with Crippen molar-refractivity contribution in [1.29, 1.82) is 0 Å². The van der Waals surface area contributed by atoms with E-state index in [1.807, 2.05) is 24.3 Å². The van der Waals surface area contributed by atoms with Crippen LogP contribution >= 0.6 is 15.9 Å². The predicted molar refractivity (Wildman–Crippen MR) is 68.0 cm³/mol. The van der Waals surface area contributed by atoms with Crippen molar-refractivity contribution in [2.45, 2.75) is 19.0 Å². The summed E-state index contributed by atoms with van der Waals surface area (Å²) in [5, 5.41) is 3.28. The molecule has 1 heterocycles. The SMILES string of the molecule is O=S1(=O)CCC(NCc2ccc(Br)cc2)C1. The number of rotatable bonds is 3. The second-order valence-electron chi connectivity index (χ2n) is 4.11. The maximum absolute atomic E-state index is 11.3. The zero-order valence-corrected chi connectivity index (χ0v) is 11.2. The molecule has 3 nitrogen and oxygen atoms in total. The Hall–Kier alpha value is -0.390. The van der Waals surface area contributed by atoms with Crippen LogP contribution in [0.2, 0.25) is 0 Å². The maximum Gasteiger partial charge on any atom is 0.151 e. The van der Waals surface area contributed by atoms with Gasteiger partial charge in [-0.3, -0.25) is 0 Å². The maximum atomic E-state index is 11.3. The molecule has 1 saturated heterocycles. The van der Waals surface area contributed by atoms with Gasteiger partial charge in [-0.2, -0.15) is 0 Å². The lowest BCUT2D eigenvalue weighted by Gasteiger charge is -2.10. The molecule has 1 N–H and O–H groups in total. The van der Waals surface area contributed by atoms with Gasteiger partial charge in [-0.1, -0.05) is 28.1 Å². The molecule has 1 aliphatic heterocycles. The lowest BCUT2D eigenvalue weighted by Crippen LogP contribution is -2.29. The molecule has 88 valence electrons. The van der Waals surface area contributed by atoms with Gasteiger partial charge in [0.25, 0.3) is 0 Å². The van der Waals surface area contributed by atoms with Crippen LogP contribution in [0, 0.1) is 0 Å². The molecule has 1 aromatic carbocycles. The van der Waals surface area contributed by atoms with E-state index in [1.54, 1.807) is 0 Å². The fraction of sp³-hybridized carbons (Fsp3) is 0.455. The second kappa shape index (κ2) is 4.85. The quantitative estimate of drug-likeness (QED) is 0.925. The van der Waals surface area contributed by atoms with Crippen molar-refractivity contribution in [3.8, 4) is 0 Å². The van der Waals surface area contributed by atoms with Crippen LogP contribution in [0.1, 0.15) is 12.0 Å². The Balaban J connectivity index is 1.87. The third-order valence-corrected chi connectivity index (χ3v) is 5.04. The van der Waals surface area contributed by atoms with Crippen molar-refractivity contribution in [3.05, 3.63) is 34.3 Å². The highest BCUT2D eigenvalue weighted by molar-refractivity contribution is 9.10. The second-order valence-corrected chi connectivity index (χ2v) is 7.25. The first-order chi connectivity index (χ1) is 7.55. The molecule has 1 fully saturated rings. The Morgan fingerprint density at radius 1 is 1.31 bits per heavy atom. The summed E-state index contributed by atoms with van der Waals surface area (Å²) >= 11 is 3.38. The third kappa shape index (κ3) is 3.30. The van der Waals surface area contributed by atoms with Crippen LogP contribution in [0.4, 0.5) is 0 Å². The van der Waals surface area contributed by atoms with E-state index in [1.165, 1.54) is 5.56 Å². The minimum Gasteiger partial charge on any atom is -0.309 e. The molecule has 0 aromatic heterocycles. The van der Waals surface area contributed by atoms with Crippen LogP contribution in [-0.4, -0.2) is 26.0 Å². The van der Waals surface area contributed by atoms with Gasteiger partial charge in [-0.25, -0.2) is 8.42 Å². The Morgan fingerprint density at radius 2 is 2.00 bits per heavy atom. The van der Waals surface area contributed by atoms with Crippen molar-refractivity contribution >= 4 is 25.8 Å². The Bertz CT molecular complexity index is 455. The number of hydrogen-bond donors (Lipinski definition) is 1. The Morgan fingerprint density at radius 3 is 2.56 bits per heavy atom. The number of benzene rings is 1. The van der Waals surface area contributed by atoms with Crippen LogP contribution in [0.25, 0.3) is 0 Å². The molecule has 1 unspecified atom stereocenters. The van der Waals surface area contributed by atoms with Gasteiger partial charge in [0.05, 0.1) is 11.5 Å². The average molecular weight is 304 g/mol. The van der Waals surface area contributed by atoms with E-state index in [0.717, 1.165) is 17.4 Å². The van der Waals surface area contributed by atoms with Crippen molar-refractivity contribution in [3.63, 3.8) is 0 Å². The molecule has 16 heavy (non-hydrogen) atoms. The van der Waals surface area contributed by atoms with E-state index >= 15 is 0 Å². The first kappa shape index (κ1) is 12.1. The van der Waals surface area contributed by atoms with Crippen molar-refractivity contribution in [2.75, 3.05) is 11.5 Å². The zero-order chi connectivity index (χ0) is 11.6. The van der Waals surface area contributed by atoms with Crippen LogP contribution in [0.15, 0.2) is 28.7 Å².